The first-order valence-electron chi connectivity index (χ1n) is 11.8. The first kappa shape index (κ1) is 27.8. The second-order valence-corrected chi connectivity index (χ2v) is 9.19. The van der Waals surface area contributed by atoms with Gasteiger partial charge in [-0.1, -0.05) is 63.5 Å². The zero-order valence-electron chi connectivity index (χ0n) is 20.0. The maximum atomic E-state index is 13.0. The standard InChI is InChI=1S/C24H33F3N4O2S/c1-4-7-9-17(6-3)22(33)31(15-8-5-2)16-14-20(32)28-23-30-29-21(34-23)18-10-12-19(13-11-18)24(25,26)27/h10-13,17H,4-9,14-16H2,1-3H3,(H,28,30,32)/t17-/m1/s1. The van der Waals surface area contributed by atoms with E-state index >= 15 is 0 Å². The maximum Gasteiger partial charge on any atom is 0.416 e. The molecule has 0 fully saturated rings. The lowest BCUT2D eigenvalue weighted by molar-refractivity contribution is -0.138. The van der Waals surface area contributed by atoms with Crippen molar-refractivity contribution in [1.82, 2.24) is 15.1 Å². The van der Waals surface area contributed by atoms with Gasteiger partial charge in [0.15, 0.2) is 0 Å². The number of carbonyl (C=O) groups is 2. The smallest absolute Gasteiger partial charge is 0.342 e. The fraction of sp³-hybridized carbons (Fsp3) is 0.583. The summed E-state index contributed by atoms with van der Waals surface area (Å²) in [5.74, 6) is -0.196. The molecule has 188 valence electrons. The number of hydrogen-bond acceptors (Lipinski definition) is 5. The minimum atomic E-state index is -4.40. The number of nitrogens with zero attached hydrogens (tertiary/aromatic N) is 3. The molecule has 0 bridgehead atoms. The van der Waals surface area contributed by atoms with Crippen LogP contribution >= 0.6 is 11.3 Å². The first-order valence-corrected chi connectivity index (χ1v) is 12.6. The molecule has 0 saturated heterocycles. The van der Waals surface area contributed by atoms with E-state index in [9.17, 15) is 22.8 Å². The largest absolute Gasteiger partial charge is 0.416 e. The summed E-state index contributed by atoms with van der Waals surface area (Å²) >= 11 is 1.08. The molecule has 1 heterocycles. The zero-order chi connectivity index (χ0) is 25.1. The summed E-state index contributed by atoms with van der Waals surface area (Å²) in [6, 6.07) is 4.63. The lowest BCUT2D eigenvalue weighted by Gasteiger charge is -2.27. The van der Waals surface area contributed by atoms with Gasteiger partial charge in [-0.25, -0.2) is 0 Å². The number of anilines is 1. The Morgan fingerprint density at radius 2 is 1.71 bits per heavy atom. The van der Waals surface area contributed by atoms with E-state index in [2.05, 4.69) is 29.4 Å². The van der Waals surface area contributed by atoms with Crippen molar-refractivity contribution in [1.29, 1.82) is 0 Å². The molecule has 0 radical (unpaired) electrons. The van der Waals surface area contributed by atoms with E-state index in [0.29, 0.717) is 23.7 Å². The number of rotatable bonds is 13. The Morgan fingerprint density at radius 1 is 1.03 bits per heavy atom. The highest BCUT2D eigenvalue weighted by atomic mass is 32.1. The summed E-state index contributed by atoms with van der Waals surface area (Å²) in [7, 11) is 0. The molecule has 10 heteroatoms. The van der Waals surface area contributed by atoms with Crippen LogP contribution in [-0.2, 0) is 15.8 Å². The Labute approximate surface area is 203 Å². The van der Waals surface area contributed by atoms with Crippen molar-refractivity contribution in [3.05, 3.63) is 29.8 Å². The molecule has 2 amide bonds. The van der Waals surface area contributed by atoms with Crippen molar-refractivity contribution >= 4 is 28.3 Å². The third kappa shape index (κ3) is 8.38. The number of halogens is 3. The summed E-state index contributed by atoms with van der Waals surface area (Å²) in [4.78, 5) is 27.3. The van der Waals surface area contributed by atoms with Gasteiger partial charge >= 0.3 is 6.18 Å². The fourth-order valence-corrected chi connectivity index (χ4v) is 4.27. The summed E-state index contributed by atoms with van der Waals surface area (Å²) in [6.45, 7) is 7.15. The molecular weight excluding hydrogens is 465 g/mol. The highest BCUT2D eigenvalue weighted by Gasteiger charge is 2.30. The van der Waals surface area contributed by atoms with Crippen LogP contribution in [0.1, 0.15) is 71.3 Å². The minimum absolute atomic E-state index is 0.0191. The van der Waals surface area contributed by atoms with E-state index in [1.807, 2.05) is 6.92 Å². The molecule has 0 unspecified atom stereocenters. The van der Waals surface area contributed by atoms with Crippen LogP contribution < -0.4 is 5.32 Å². The molecule has 0 spiro atoms. The summed E-state index contributed by atoms with van der Waals surface area (Å²) in [5, 5.41) is 11.2. The third-order valence-electron chi connectivity index (χ3n) is 5.58. The molecule has 2 aromatic rings. The van der Waals surface area contributed by atoms with Gasteiger partial charge in [0, 0.05) is 31.0 Å². The van der Waals surface area contributed by atoms with E-state index in [4.69, 9.17) is 0 Å². The minimum Gasteiger partial charge on any atom is -0.342 e. The molecule has 1 atom stereocenters. The Morgan fingerprint density at radius 3 is 2.29 bits per heavy atom. The molecule has 0 saturated carbocycles. The van der Waals surface area contributed by atoms with Gasteiger partial charge in [0.05, 0.1) is 5.56 Å². The van der Waals surface area contributed by atoms with E-state index in [1.54, 1.807) is 4.90 Å². The van der Waals surface area contributed by atoms with Crippen LogP contribution in [0.4, 0.5) is 18.3 Å². The number of nitrogens with one attached hydrogen (secondary N) is 1. The molecule has 6 nitrogen and oxygen atoms in total. The van der Waals surface area contributed by atoms with Gasteiger partial charge in [-0.3, -0.25) is 9.59 Å². The van der Waals surface area contributed by atoms with Crippen molar-refractivity contribution in [3.8, 4) is 10.6 Å². The van der Waals surface area contributed by atoms with Gasteiger partial charge in [0.2, 0.25) is 16.9 Å². The van der Waals surface area contributed by atoms with Gasteiger partial charge in [-0.15, -0.1) is 10.2 Å². The molecule has 1 N–H and O–H groups in total. The average Bonchev–Trinajstić information content (AvgIpc) is 3.27. The lowest BCUT2D eigenvalue weighted by atomic mass is 9.97. The van der Waals surface area contributed by atoms with Crippen molar-refractivity contribution < 1.29 is 22.8 Å². The van der Waals surface area contributed by atoms with Crippen LogP contribution in [0, 0.1) is 5.92 Å². The SMILES string of the molecule is CCCC[C@@H](CC)C(=O)N(CCCC)CCC(=O)Nc1nnc(-c2ccc(C(F)(F)F)cc2)s1. The number of benzene rings is 1. The highest BCUT2D eigenvalue weighted by Crippen LogP contribution is 2.32. The van der Waals surface area contributed by atoms with Crippen molar-refractivity contribution in [2.24, 2.45) is 5.92 Å². The van der Waals surface area contributed by atoms with Crippen molar-refractivity contribution in [2.75, 3.05) is 18.4 Å². The van der Waals surface area contributed by atoms with Gasteiger partial charge in [-0.05, 0) is 31.4 Å². The first-order chi connectivity index (χ1) is 16.2. The number of alkyl halides is 3. The predicted octanol–water partition coefficient (Wildman–Crippen LogP) is 6.40. The maximum absolute atomic E-state index is 13.0. The normalized spacial score (nSPS) is 12.4. The van der Waals surface area contributed by atoms with E-state index in [-0.39, 0.29) is 29.3 Å². The zero-order valence-corrected chi connectivity index (χ0v) is 20.8. The average molecular weight is 499 g/mol. The Bertz CT molecular complexity index is 916. The second-order valence-electron chi connectivity index (χ2n) is 8.21. The molecule has 2 rings (SSSR count). The quantitative estimate of drug-likeness (QED) is 0.347. The van der Waals surface area contributed by atoms with Gasteiger partial charge in [0.1, 0.15) is 5.01 Å². The number of unbranched alkanes of at least 4 members (excludes halogenated alkanes) is 2. The third-order valence-corrected chi connectivity index (χ3v) is 6.47. The molecule has 1 aromatic carbocycles. The van der Waals surface area contributed by atoms with E-state index < -0.39 is 11.7 Å². The molecule has 0 aliphatic carbocycles. The number of hydrogen-bond donors (Lipinski definition) is 1. The van der Waals surface area contributed by atoms with Gasteiger partial charge in [-0.2, -0.15) is 13.2 Å². The molecule has 0 aliphatic rings. The molecular formula is C24H33F3N4O2S. The molecule has 0 aliphatic heterocycles. The van der Waals surface area contributed by atoms with Crippen molar-refractivity contribution in [3.63, 3.8) is 0 Å². The van der Waals surface area contributed by atoms with Crippen LogP contribution in [0.3, 0.4) is 0 Å². The number of amides is 2. The van der Waals surface area contributed by atoms with Crippen molar-refractivity contribution in [2.45, 2.75) is 71.9 Å². The van der Waals surface area contributed by atoms with Crippen LogP contribution in [0.5, 0.6) is 0 Å². The fourth-order valence-electron chi connectivity index (χ4n) is 3.50. The summed E-state index contributed by atoms with van der Waals surface area (Å²) in [5.41, 5.74) is -0.253. The monoisotopic (exact) mass is 498 g/mol. The van der Waals surface area contributed by atoms with Crippen LogP contribution in [0.15, 0.2) is 24.3 Å². The Kier molecular flexibility index (Phi) is 10.9. The van der Waals surface area contributed by atoms with Gasteiger partial charge < -0.3 is 10.2 Å². The van der Waals surface area contributed by atoms with Gasteiger partial charge in [0.25, 0.3) is 0 Å². The topological polar surface area (TPSA) is 75.2 Å². The Balaban J connectivity index is 1.96. The predicted molar refractivity (Wildman–Crippen MR) is 128 cm³/mol. The molecule has 34 heavy (non-hydrogen) atoms. The van der Waals surface area contributed by atoms with E-state index in [0.717, 1.165) is 62.0 Å². The van der Waals surface area contributed by atoms with E-state index in [1.165, 1.54) is 12.1 Å². The number of carbonyl (C=O) groups excluding carboxylic acids is 2. The lowest BCUT2D eigenvalue weighted by Crippen LogP contribution is -2.38. The van der Waals surface area contributed by atoms with Crippen LogP contribution in [0.25, 0.3) is 10.6 Å². The second kappa shape index (κ2) is 13.4. The highest BCUT2D eigenvalue weighted by molar-refractivity contribution is 7.18. The molecule has 1 aromatic heterocycles. The Hall–Kier alpha value is -2.49. The number of aromatic nitrogens is 2. The summed E-state index contributed by atoms with van der Waals surface area (Å²) < 4.78 is 38.2. The van der Waals surface area contributed by atoms with Crippen LogP contribution in [0.2, 0.25) is 0 Å². The summed E-state index contributed by atoms with van der Waals surface area (Å²) in [6.07, 6.45) is 1.25. The van der Waals surface area contributed by atoms with Crippen LogP contribution in [-0.4, -0.2) is 40.0 Å².